The van der Waals surface area contributed by atoms with Crippen molar-refractivity contribution in [1.82, 2.24) is 9.21 Å². The lowest BCUT2D eigenvalue weighted by atomic mass is 9.96. The third kappa shape index (κ3) is 6.21. The number of sulfonamides is 1. The van der Waals surface area contributed by atoms with Crippen molar-refractivity contribution >= 4 is 27.5 Å². The zero-order valence-corrected chi connectivity index (χ0v) is 20.4. The molecule has 1 saturated heterocycles. The zero-order chi connectivity index (χ0) is 24.0. The van der Waals surface area contributed by atoms with Crippen LogP contribution in [0.25, 0.3) is 0 Å². The van der Waals surface area contributed by atoms with E-state index in [0.717, 1.165) is 23.2 Å². The molecule has 0 saturated carbocycles. The molecule has 0 aliphatic carbocycles. The third-order valence-corrected chi connectivity index (χ3v) is 7.93. The Kier molecular flexibility index (Phi) is 8.26. The average molecular weight is 472 g/mol. The fourth-order valence-corrected chi connectivity index (χ4v) is 5.54. The Bertz CT molecular complexity index is 1080. The van der Waals surface area contributed by atoms with Crippen molar-refractivity contribution in [1.29, 1.82) is 0 Å². The minimum absolute atomic E-state index is 0.0110. The van der Waals surface area contributed by atoms with E-state index < -0.39 is 10.0 Å². The molecule has 33 heavy (non-hydrogen) atoms. The first-order chi connectivity index (χ1) is 15.7. The van der Waals surface area contributed by atoms with Crippen molar-refractivity contribution in [3.63, 3.8) is 0 Å². The lowest BCUT2D eigenvalue weighted by molar-refractivity contribution is -0.139. The highest BCUT2D eigenvalue weighted by atomic mass is 32.2. The van der Waals surface area contributed by atoms with Gasteiger partial charge in [-0.3, -0.25) is 9.59 Å². The molecule has 2 amide bonds. The van der Waals surface area contributed by atoms with Crippen LogP contribution in [0.1, 0.15) is 37.3 Å². The van der Waals surface area contributed by atoms with Crippen LogP contribution in [0.5, 0.6) is 0 Å². The maximum Gasteiger partial charge on any atom is 0.244 e. The van der Waals surface area contributed by atoms with Crippen LogP contribution in [-0.2, 0) is 19.6 Å². The Morgan fingerprint density at radius 1 is 1.03 bits per heavy atom. The summed E-state index contributed by atoms with van der Waals surface area (Å²) in [5, 5.41) is 2.89. The Labute approximate surface area is 196 Å². The van der Waals surface area contributed by atoms with Gasteiger partial charge in [-0.25, -0.2) is 8.42 Å². The van der Waals surface area contributed by atoms with Gasteiger partial charge in [0.25, 0.3) is 0 Å². The number of para-hydroxylation sites is 1. The Morgan fingerprint density at radius 2 is 1.67 bits per heavy atom. The van der Waals surface area contributed by atoms with E-state index in [1.165, 1.54) is 4.31 Å². The molecule has 0 radical (unpaired) electrons. The second-order valence-corrected chi connectivity index (χ2v) is 10.6. The summed E-state index contributed by atoms with van der Waals surface area (Å²) >= 11 is 0. The lowest BCUT2D eigenvalue weighted by Gasteiger charge is -2.33. The highest BCUT2D eigenvalue weighted by Crippen LogP contribution is 2.25. The molecule has 0 unspecified atom stereocenters. The number of nitrogens with one attached hydrogen (secondary N) is 1. The minimum atomic E-state index is -3.57. The van der Waals surface area contributed by atoms with E-state index in [0.29, 0.717) is 32.5 Å². The third-order valence-electron chi connectivity index (χ3n) is 6.02. The summed E-state index contributed by atoms with van der Waals surface area (Å²) in [5.74, 6) is -0.595. The molecule has 1 N–H and O–H groups in total. The molecule has 7 nitrogen and oxygen atoms in total. The zero-order valence-electron chi connectivity index (χ0n) is 19.6. The molecule has 1 aliphatic rings. The Hall–Kier alpha value is -2.71. The number of aryl methyl sites for hydroxylation is 2. The van der Waals surface area contributed by atoms with Crippen molar-refractivity contribution in [2.24, 2.45) is 5.92 Å². The van der Waals surface area contributed by atoms with E-state index in [9.17, 15) is 18.0 Å². The lowest BCUT2D eigenvalue weighted by Crippen LogP contribution is -2.46. The predicted octanol–water partition coefficient (Wildman–Crippen LogP) is 3.58. The van der Waals surface area contributed by atoms with Crippen molar-refractivity contribution in [3.8, 4) is 0 Å². The predicted molar refractivity (Wildman–Crippen MR) is 129 cm³/mol. The first-order valence-corrected chi connectivity index (χ1v) is 12.9. The Morgan fingerprint density at radius 3 is 2.27 bits per heavy atom. The summed E-state index contributed by atoms with van der Waals surface area (Å²) in [7, 11) is -3.57. The normalized spacial score (nSPS) is 15.2. The average Bonchev–Trinajstić information content (AvgIpc) is 2.80. The van der Waals surface area contributed by atoms with Gasteiger partial charge in [-0.15, -0.1) is 0 Å². The number of carbonyl (C=O) groups excluding carboxylic acids is 2. The van der Waals surface area contributed by atoms with E-state index in [2.05, 4.69) is 5.32 Å². The van der Waals surface area contributed by atoms with Crippen LogP contribution < -0.4 is 5.32 Å². The number of hydrogen-bond donors (Lipinski definition) is 1. The molecule has 3 rings (SSSR count). The number of carbonyl (C=O) groups is 2. The van der Waals surface area contributed by atoms with Gasteiger partial charge in [-0.2, -0.15) is 4.31 Å². The first kappa shape index (κ1) is 24.9. The Balaban J connectivity index is 1.60. The smallest absolute Gasteiger partial charge is 0.244 e. The van der Waals surface area contributed by atoms with Crippen LogP contribution in [0, 0.1) is 19.8 Å². The van der Waals surface area contributed by atoms with Gasteiger partial charge < -0.3 is 10.2 Å². The van der Waals surface area contributed by atoms with E-state index in [-0.39, 0.29) is 29.2 Å². The SMILES string of the molecule is CCCN(CC(=O)Nc1ccccc1C)C(=O)C1CCN(S(=O)(=O)c2ccc(C)cc2)CC1. The molecule has 1 heterocycles. The van der Waals surface area contributed by atoms with Gasteiger partial charge in [0.1, 0.15) is 0 Å². The number of benzene rings is 2. The van der Waals surface area contributed by atoms with Gasteiger partial charge >= 0.3 is 0 Å². The van der Waals surface area contributed by atoms with Crippen LogP contribution >= 0.6 is 0 Å². The highest BCUT2D eigenvalue weighted by molar-refractivity contribution is 7.89. The standard InChI is InChI=1S/C25H33N3O4S/c1-4-15-27(18-24(29)26-23-8-6-5-7-20(23)3)25(30)21-13-16-28(17-14-21)33(31,32)22-11-9-19(2)10-12-22/h5-12,21H,4,13-18H2,1-3H3,(H,26,29). The molecule has 8 heteroatoms. The molecule has 0 spiro atoms. The van der Waals surface area contributed by atoms with Gasteiger partial charge in [-0.1, -0.05) is 42.8 Å². The summed E-state index contributed by atoms with van der Waals surface area (Å²) in [5.41, 5.74) is 2.70. The fourth-order valence-electron chi connectivity index (χ4n) is 4.07. The fraction of sp³-hybridized carbons (Fsp3) is 0.440. The van der Waals surface area contributed by atoms with Gasteiger partial charge in [0.2, 0.25) is 21.8 Å². The summed E-state index contributed by atoms with van der Waals surface area (Å²) < 4.78 is 27.3. The number of piperidine rings is 1. The molecule has 1 fully saturated rings. The first-order valence-electron chi connectivity index (χ1n) is 11.4. The van der Waals surface area contributed by atoms with Crippen molar-refractivity contribution in [3.05, 3.63) is 59.7 Å². The van der Waals surface area contributed by atoms with E-state index in [4.69, 9.17) is 0 Å². The topological polar surface area (TPSA) is 86.8 Å². The number of rotatable bonds is 8. The number of anilines is 1. The quantitative estimate of drug-likeness (QED) is 0.638. The largest absolute Gasteiger partial charge is 0.333 e. The summed E-state index contributed by atoms with van der Waals surface area (Å²) in [6.07, 6.45) is 1.64. The number of nitrogens with zero attached hydrogens (tertiary/aromatic N) is 2. The molecule has 2 aromatic carbocycles. The number of amides is 2. The monoisotopic (exact) mass is 471 g/mol. The maximum absolute atomic E-state index is 13.2. The van der Waals surface area contributed by atoms with Crippen LogP contribution in [0.15, 0.2) is 53.4 Å². The van der Waals surface area contributed by atoms with Gasteiger partial charge in [-0.05, 0) is 56.9 Å². The molecular formula is C25H33N3O4S. The van der Waals surface area contributed by atoms with Crippen LogP contribution in [0.4, 0.5) is 5.69 Å². The van der Waals surface area contributed by atoms with Crippen molar-refractivity contribution in [2.75, 3.05) is 31.5 Å². The molecule has 1 aliphatic heterocycles. The summed E-state index contributed by atoms with van der Waals surface area (Å²) in [6.45, 7) is 6.87. The van der Waals surface area contributed by atoms with E-state index in [1.54, 1.807) is 29.2 Å². The van der Waals surface area contributed by atoms with Gasteiger partial charge in [0, 0.05) is 31.2 Å². The maximum atomic E-state index is 13.2. The number of hydrogen-bond acceptors (Lipinski definition) is 4. The van der Waals surface area contributed by atoms with Crippen LogP contribution in [0.3, 0.4) is 0 Å². The molecule has 178 valence electrons. The second kappa shape index (κ2) is 10.9. The molecule has 0 atom stereocenters. The highest BCUT2D eigenvalue weighted by Gasteiger charge is 2.34. The summed E-state index contributed by atoms with van der Waals surface area (Å²) in [4.78, 5) is 27.7. The molecule has 2 aromatic rings. The van der Waals surface area contributed by atoms with Gasteiger partial charge in [0.05, 0.1) is 11.4 Å². The van der Waals surface area contributed by atoms with Gasteiger partial charge in [0.15, 0.2) is 0 Å². The van der Waals surface area contributed by atoms with Crippen LogP contribution in [0.2, 0.25) is 0 Å². The molecular weight excluding hydrogens is 438 g/mol. The van der Waals surface area contributed by atoms with Crippen LogP contribution in [-0.4, -0.2) is 55.6 Å². The van der Waals surface area contributed by atoms with E-state index in [1.807, 2.05) is 45.0 Å². The molecule has 0 bridgehead atoms. The van der Waals surface area contributed by atoms with E-state index >= 15 is 0 Å². The molecule has 0 aromatic heterocycles. The van der Waals surface area contributed by atoms with Crippen molar-refractivity contribution < 1.29 is 18.0 Å². The summed E-state index contributed by atoms with van der Waals surface area (Å²) in [6, 6.07) is 14.3. The van der Waals surface area contributed by atoms with Crippen molar-refractivity contribution in [2.45, 2.75) is 44.9 Å². The second-order valence-electron chi connectivity index (χ2n) is 8.61. The minimum Gasteiger partial charge on any atom is -0.333 e.